The number of likely N-dealkylation sites (tertiary alicyclic amines) is 1. The highest BCUT2D eigenvalue weighted by atomic mass is 32.1. The molecule has 140 valence electrons. The minimum absolute atomic E-state index is 0.195. The van der Waals surface area contributed by atoms with Gasteiger partial charge in [0.2, 0.25) is 11.8 Å². The van der Waals surface area contributed by atoms with Gasteiger partial charge in [-0.25, -0.2) is 9.78 Å². The lowest BCUT2D eigenvalue weighted by Gasteiger charge is -2.31. The summed E-state index contributed by atoms with van der Waals surface area (Å²) in [5, 5.41) is 13.6. The van der Waals surface area contributed by atoms with E-state index in [1.54, 1.807) is 23.1 Å². The lowest BCUT2D eigenvalue weighted by Crippen LogP contribution is -2.50. The Bertz CT molecular complexity index is 987. The number of anilines is 1. The Labute approximate surface area is 157 Å². The number of imide groups is 1. The van der Waals surface area contributed by atoms with Crippen LogP contribution in [0.25, 0.3) is 10.2 Å². The molecule has 1 spiro atoms. The highest BCUT2D eigenvalue weighted by molar-refractivity contribution is 7.22. The third-order valence-corrected chi connectivity index (χ3v) is 5.99. The molecule has 0 saturated carbocycles. The van der Waals surface area contributed by atoms with Crippen LogP contribution < -0.4 is 10.6 Å². The van der Waals surface area contributed by atoms with Crippen LogP contribution in [0, 0.1) is 5.41 Å². The molecule has 2 aromatic rings. The van der Waals surface area contributed by atoms with Crippen LogP contribution >= 0.6 is 11.3 Å². The number of benzene rings is 1. The van der Waals surface area contributed by atoms with Gasteiger partial charge in [0.25, 0.3) is 5.91 Å². The molecule has 27 heavy (non-hydrogen) atoms. The van der Waals surface area contributed by atoms with Crippen molar-refractivity contribution in [2.75, 3.05) is 18.4 Å². The van der Waals surface area contributed by atoms with Crippen LogP contribution in [-0.4, -0.2) is 51.9 Å². The maximum absolute atomic E-state index is 12.9. The Morgan fingerprint density at radius 2 is 2.11 bits per heavy atom. The lowest BCUT2D eigenvalue weighted by atomic mass is 9.79. The van der Waals surface area contributed by atoms with E-state index in [9.17, 15) is 19.2 Å². The van der Waals surface area contributed by atoms with Gasteiger partial charge in [0.05, 0.1) is 15.6 Å². The number of thiazole rings is 1. The lowest BCUT2D eigenvalue weighted by molar-refractivity contribution is -0.141. The first-order valence-electron chi connectivity index (χ1n) is 8.40. The minimum Gasteiger partial charge on any atom is -0.465 e. The Balaban J connectivity index is 1.53. The number of piperidine rings is 1. The maximum atomic E-state index is 12.9. The third kappa shape index (κ3) is 3.12. The average Bonchev–Trinajstić information content (AvgIpc) is 3.21. The zero-order valence-electron chi connectivity index (χ0n) is 14.2. The topological polar surface area (TPSA) is 129 Å². The fraction of sp³-hybridized carbons (Fsp3) is 0.353. The predicted octanol–water partition coefficient (Wildman–Crippen LogP) is 1.66. The molecule has 4 amide bonds. The second-order valence-electron chi connectivity index (χ2n) is 6.77. The number of hydrogen-bond acceptors (Lipinski definition) is 6. The summed E-state index contributed by atoms with van der Waals surface area (Å²) in [7, 11) is 0. The van der Waals surface area contributed by atoms with E-state index in [-0.39, 0.29) is 29.4 Å². The molecular weight excluding hydrogens is 372 g/mol. The van der Waals surface area contributed by atoms with Crippen LogP contribution in [0.5, 0.6) is 0 Å². The molecule has 2 saturated heterocycles. The van der Waals surface area contributed by atoms with Crippen molar-refractivity contribution in [3.05, 3.63) is 23.8 Å². The number of nitrogens with one attached hydrogen (secondary N) is 2. The first-order valence-corrected chi connectivity index (χ1v) is 9.22. The van der Waals surface area contributed by atoms with Crippen molar-refractivity contribution in [1.82, 2.24) is 15.2 Å². The van der Waals surface area contributed by atoms with Gasteiger partial charge >= 0.3 is 6.09 Å². The summed E-state index contributed by atoms with van der Waals surface area (Å²) >= 11 is 1.15. The largest absolute Gasteiger partial charge is 0.465 e. The first kappa shape index (κ1) is 17.4. The number of hydrogen-bond donors (Lipinski definition) is 3. The van der Waals surface area contributed by atoms with Gasteiger partial charge in [-0.05, 0) is 31.0 Å². The third-order valence-electron chi connectivity index (χ3n) is 5.06. The summed E-state index contributed by atoms with van der Waals surface area (Å²) < 4.78 is 0.694. The van der Waals surface area contributed by atoms with Crippen LogP contribution in [0.4, 0.5) is 9.93 Å². The number of aromatic nitrogens is 1. The van der Waals surface area contributed by atoms with E-state index in [2.05, 4.69) is 15.6 Å². The van der Waals surface area contributed by atoms with E-state index >= 15 is 0 Å². The fourth-order valence-electron chi connectivity index (χ4n) is 3.61. The van der Waals surface area contributed by atoms with Crippen LogP contribution in [0.3, 0.4) is 0 Å². The zero-order valence-corrected chi connectivity index (χ0v) is 15.0. The SMILES string of the molecule is O=C(O)Nc1nc2ccc(C(=O)N3CCC4(CCC(=O)NC4=O)C3)cc2s1. The molecular formula is C17H16N4O5S. The zero-order chi connectivity index (χ0) is 19.2. The molecule has 0 radical (unpaired) electrons. The van der Waals surface area contributed by atoms with Crippen molar-refractivity contribution in [2.24, 2.45) is 5.41 Å². The molecule has 1 atom stereocenters. The summed E-state index contributed by atoms with van der Waals surface area (Å²) in [4.78, 5) is 53.0. The molecule has 3 heterocycles. The van der Waals surface area contributed by atoms with E-state index in [0.717, 1.165) is 11.3 Å². The van der Waals surface area contributed by atoms with Crippen molar-refractivity contribution in [3.63, 3.8) is 0 Å². The molecule has 3 N–H and O–H groups in total. The van der Waals surface area contributed by atoms with Gasteiger partial charge in [0.15, 0.2) is 5.13 Å². The molecule has 4 rings (SSSR count). The van der Waals surface area contributed by atoms with Gasteiger partial charge in [-0.3, -0.25) is 25.0 Å². The van der Waals surface area contributed by atoms with Crippen LogP contribution in [0.1, 0.15) is 29.6 Å². The van der Waals surface area contributed by atoms with Gasteiger partial charge in [-0.2, -0.15) is 0 Å². The highest BCUT2D eigenvalue weighted by Gasteiger charge is 2.48. The highest BCUT2D eigenvalue weighted by Crippen LogP contribution is 2.38. The van der Waals surface area contributed by atoms with Gasteiger partial charge in [0.1, 0.15) is 0 Å². The minimum atomic E-state index is -1.20. The quantitative estimate of drug-likeness (QED) is 0.671. The van der Waals surface area contributed by atoms with Crippen molar-refractivity contribution in [1.29, 1.82) is 0 Å². The summed E-state index contributed by atoms with van der Waals surface area (Å²) in [6.07, 6.45) is 0.0873. The molecule has 2 aliphatic rings. The summed E-state index contributed by atoms with van der Waals surface area (Å²) in [6.45, 7) is 0.741. The molecule has 1 unspecified atom stereocenters. The first-order chi connectivity index (χ1) is 12.9. The second kappa shape index (κ2) is 6.31. The van der Waals surface area contributed by atoms with E-state index < -0.39 is 11.5 Å². The monoisotopic (exact) mass is 388 g/mol. The van der Waals surface area contributed by atoms with E-state index in [1.807, 2.05) is 0 Å². The molecule has 10 heteroatoms. The molecule has 0 aliphatic carbocycles. The number of nitrogens with zero attached hydrogens (tertiary/aromatic N) is 2. The Hall–Kier alpha value is -3.01. The Morgan fingerprint density at radius 1 is 1.30 bits per heavy atom. The van der Waals surface area contributed by atoms with Gasteiger partial charge < -0.3 is 10.0 Å². The number of carboxylic acid groups (broad SMARTS) is 1. The van der Waals surface area contributed by atoms with E-state index in [0.29, 0.717) is 41.6 Å². The van der Waals surface area contributed by atoms with Crippen molar-refractivity contribution in [2.45, 2.75) is 19.3 Å². The van der Waals surface area contributed by atoms with Crippen LogP contribution in [-0.2, 0) is 9.59 Å². The van der Waals surface area contributed by atoms with Crippen molar-refractivity contribution < 1.29 is 24.3 Å². The second-order valence-corrected chi connectivity index (χ2v) is 7.80. The van der Waals surface area contributed by atoms with Crippen molar-refractivity contribution in [3.8, 4) is 0 Å². The number of amides is 4. The number of carbonyl (C=O) groups is 4. The maximum Gasteiger partial charge on any atom is 0.410 e. The Kier molecular flexibility index (Phi) is 4.06. The number of rotatable bonds is 2. The molecule has 2 aliphatic heterocycles. The van der Waals surface area contributed by atoms with E-state index in [4.69, 9.17) is 5.11 Å². The Morgan fingerprint density at radius 3 is 2.85 bits per heavy atom. The van der Waals surface area contributed by atoms with Gasteiger partial charge in [-0.1, -0.05) is 11.3 Å². The van der Waals surface area contributed by atoms with Crippen molar-refractivity contribution >= 4 is 50.5 Å². The number of carbonyl (C=O) groups excluding carboxylic acids is 3. The van der Waals surface area contributed by atoms with E-state index in [1.165, 1.54) is 0 Å². The summed E-state index contributed by atoms with van der Waals surface area (Å²) in [6, 6.07) is 4.99. The summed E-state index contributed by atoms with van der Waals surface area (Å²) in [5.41, 5.74) is 0.372. The van der Waals surface area contributed by atoms with Gasteiger partial charge in [-0.15, -0.1) is 0 Å². The molecule has 9 nitrogen and oxygen atoms in total. The molecule has 1 aromatic heterocycles. The predicted molar refractivity (Wildman–Crippen MR) is 96.6 cm³/mol. The fourth-order valence-corrected chi connectivity index (χ4v) is 4.50. The number of fused-ring (bicyclic) bond motifs is 1. The smallest absolute Gasteiger partial charge is 0.410 e. The standard InChI is InChI=1S/C17H16N4O5S/c22-12-3-4-17(14(24)19-12)5-6-21(8-17)13(23)9-1-2-10-11(7-9)27-15(18-10)20-16(25)26/h1-2,7H,3-6,8H2,(H,18,20)(H,25,26)(H,19,22,24). The molecule has 0 bridgehead atoms. The van der Waals surface area contributed by atoms with Crippen LogP contribution in [0.2, 0.25) is 0 Å². The summed E-state index contributed by atoms with van der Waals surface area (Å²) in [5.74, 6) is -0.757. The van der Waals surface area contributed by atoms with Crippen LogP contribution in [0.15, 0.2) is 18.2 Å². The normalized spacial score (nSPS) is 22.3. The molecule has 1 aromatic carbocycles. The molecule has 2 fully saturated rings. The van der Waals surface area contributed by atoms with Gasteiger partial charge in [0, 0.05) is 25.1 Å². The average molecular weight is 388 g/mol.